The average Bonchev–Trinajstić information content (AvgIpc) is 3.24. The zero-order valence-corrected chi connectivity index (χ0v) is 15.8. The fourth-order valence-electron chi connectivity index (χ4n) is 3.69. The lowest BCUT2D eigenvalue weighted by Gasteiger charge is -2.28. The van der Waals surface area contributed by atoms with Crippen molar-refractivity contribution in [2.75, 3.05) is 11.4 Å². The van der Waals surface area contributed by atoms with Crippen molar-refractivity contribution >= 4 is 17.5 Å². The number of nitrogens with one attached hydrogen (secondary N) is 2. The van der Waals surface area contributed by atoms with Crippen molar-refractivity contribution in [2.24, 2.45) is 0 Å². The van der Waals surface area contributed by atoms with Crippen LogP contribution in [0.3, 0.4) is 0 Å². The van der Waals surface area contributed by atoms with Gasteiger partial charge >= 0.3 is 17.8 Å². The molecule has 1 saturated heterocycles. The van der Waals surface area contributed by atoms with Crippen molar-refractivity contribution in [3.63, 3.8) is 0 Å². The minimum atomic E-state index is -3.79. The van der Waals surface area contributed by atoms with Gasteiger partial charge in [-0.15, -0.1) is 0 Å². The lowest BCUT2D eigenvalue weighted by Crippen LogP contribution is -2.42. The van der Waals surface area contributed by atoms with Crippen molar-refractivity contribution in [2.45, 2.75) is 30.9 Å². The Morgan fingerprint density at radius 2 is 2.12 bits per heavy atom. The molecule has 0 amide bonds. The predicted molar refractivity (Wildman–Crippen MR) is 99.3 cm³/mol. The number of fused-ring (bicyclic) bond motifs is 1. The topological polar surface area (TPSA) is 146 Å². The quantitative estimate of drug-likeness (QED) is 0.383. The normalized spacial score (nSPS) is 20.2. The van der Waals surface area contributed by atoms with Crippen molar-refractivity contribution in [1.29, 1.82) is 0 Å². The summed E-state index contributed by atoms with van der Waals surface area (Å²) in [5.41, 5.74) is -1.92. The van der Waals surface area contributed by atoms with E-state index in [-0.39, 0.29) is 22.6 Å². The molecular formula is C17H14F4N6O5. The van der Waals surface area contributed by atoms with E-state index in [1.807, 2.05) is 4.98 Å². The second-order valence-corrected chi connectivity index (χ2v) is 6.98. The predicted octanol–water partition coefficient (Wildman–Crippen LogP) is 1.32. The summed E-state index contributed by atoms with van der Waals surface area (Å²) >= 11 is 0. The van der Waals surface area contributed by atoms with Crippen LogP contribution in [0.5, 0.6) is 0 Å². The molecule has 1 unspecified atom stereocenters. The Hall–Kier alpha value is -3.91. The van der Waals surface area contributed by atoms with Gasteiger partial charge in [0.05, 0.1) is 23.8 Å². The van der Waals surface area contributed by atoms with Crippen molar-refractivity contribution < 1.29 is 32.2 Å². The largest absolute Gasteiger partial charge is 0.506 e. The van der Waals surface area contributed by atoms with Gasteiger partial charge < -0.3 is 19.7 Å². The number of H-pyrrole nitrogens is 2. The number of aromatic amines is 2. The van der Waals surface area contributed by atoms with E-state index in [2.05, 4.69) is 19.8 Å². The fraction of sp³-hybridized carbons (Fsp3) is 0.353. The molecule has 0 saturated carbocycles. The number of alkyl halides is 4. The van der Waals surface area contributed by atoms with Crippen LogP contribution in [0, 0.1) is 0 Å². The van der Waals surface area contributed by atoms with Crippen LogP contribution in [-0.4, -0.2) is 66.9 Å². The molecule has 170 valence electrons. The summed E-state index contributed by atoms with van der Waals surface area (Å²) in [7, 11) is 0. The number of nitrogens with zero attached hydrogens (tertiary/aromatic N) is 4. The molecule has 1 aliphatic heterocycles. The summed E-state index contributed by atoms with van der Waals surface area (Å²) in [6.07, 6.45) is -4.89. The van der Waals surface area contributed by atoms with Gasteiger partial charge in [-0.1, -0.05) is 0 Å². The van der Waals surface area contributed by atoms with E-state index in [0.717, 1.165) is 15.6 Å². The third-order valence-electron chi connectivity index (χ3n) is 4.94. The highest BCUT2D eigenvalue weighted by Gasteiger charge is 2.58. The average molecular weight is 458 g/mol. The standard InChI is InChI=1S/C17H14F4N6O5/c18-11(19)4-9-12(32-16(30)31)17(20,21)6-26(9)10-3-8(25-27-2-1-22-13(10)27)7-5-23-15(29)24-14(7)28/h1-3,5,9,11-12H,4,6H2,(H,30,31)(H2,23,24,28,29)/t9-,12?/m0/s1. The van der Waals surface area contributed by atoms with E-state index >= 15 is 0 Å². The van der Waals surface area contributed by atoms with Gasteiger partial charge in [-0.25, -0.2) is 36.7 Å². The van der Waals surface area contributed by atoms with Gasteiger partial charge in [-0.05, 0) is 6.07 Å². The molecule has 0 aromatic carbocycles. The highest BCUT2D eigenvalue weighted by Crippen LogP contribution is 2.41. The monoisotopic (exact) mass is 458 g/mol. The fourth-order valence-corrected chi connectivity index (χ4v) is 3.69. The zero-order chi connectivity index (χ0) is 23.2. The van der Waals surface area contributed by atoms with Crippen LogP contribution >= 0.6 is 0 Å². The Bertz CT molecular complexity index is 1290. The molecule has 0 radical (unpaired) electrons. The summed E-state index contributed by atoms with van der Waals surface area (Å²) in [4.78, 5) is 43.5. The maximum Gasteiger partial charge on any atom is 0.506 e. The van der Waals surface area contributed by atoms with E-state index in [9.17, 15) is 31.9 Å². The van der Waals surface area contributed by atoms with E-state index in [4.69, 9.17) is 5.11 Å². The molecule has 0 bridgehead atoms. The highest BCUT2D eigenvalue weighted by atomic mass is 19.3. The Morgan fingerprint density at radius 1 is 1.38 bits per heavy atom. The third-order valence-corrected chi connectivity index (χ3v) is 4.94. The first-order chi connectivity index (χ1) is 15.1. The number of aromatic nitrogens is 5. The Morgan fingerprint density at radius 3 is 2.78 bits per heavy atom. The summed E-state index contributed by atoms with van der Waals surface area (Å²) in [5.74, 6) is -3.79. The second-order valence-electron chi connectivity index (χ2n) is 6.98. The van der Waals surface area contributed by atoms with Crippen LogP contribution in [-0.2, 0) is 4.74 Å². The molecule has 3 aromatic rings. The Kier molecular flexibility index (Phi) is 5.10. The minimum absolute atomic E-state index is 0.000597. The number of carboxylic acid groups (broad SMARTS) is 1. The van der Waals surface area contributed by atoms with Crippen LogP contribution in [0.2, 0.25) is 0 Å². The smallest absolute Gasteiger partial charge is 0.450 e. The van der Waals surface area contributed by atoms with Crippen molar-refractivity contribution in [1.82, 2.24) is 24.6 Å². The van der Waals surface area contributed by atoms with E-state index in [0.29, 0.717) is 0 Å². The number of hydrogen-bond donors (Lipinski definition) is 3. The maximum atomic E-state index is 14.7. The number of halogens is 4. The van der Waals surface area contributed by atoms with Gasteiger partial charge in [0.15, 0.2) is 11.8 Å². The van der Waals surface area contributed by atoms with Crippen LogP contribution in [0.15, 0.2) is 34.2 Å². The molecule has 2 atom stereocenters. The minimum Gasteiger partial charge on any atom is -0.450 e. The van der Waals surface area contributed by atoms with Crippen LogP contribution < -0.4 is 16.1 Å². The van der Waals surface area contributed by atoms with Crippen molar-refractivity contribution in [3.8, 4) is 11.3 Å². The second kappa shape index (κ2) is 7.65. The van der Waals surface area contributed by atoms with Gasteiger partial charge in [0.25, 0.3) is 5.56 Å². The number of imidazole rings is 1. The molecule has 3 N–H and O–H groups in total. The number of carbonyl (C=O) groups is 1. The van der Waals surface area contributed by atoms with Gasteiger partial charge in [0.2, 0.25) is 6.43 Å². The van der Waals surface area contributed by atoms with Crippen LogP contribution in [0.25, 0.3) is 16.9 Å². The molecule has 4 rings (SSSR count). The van der Waals surface area contributed by atoms with E-state index < -0.39 is 54.9 Å². The first-order valence-corrected chi connectivity index (χ1v) is 9.06. The Labute approximate surface area is 174 Å². The molecular weight excluding hydrogens is 444 g/mol. The number of anilines is 1. The summed E-state index contributed by atoms with van der Waals surface area (Å²) in [6.45, 7) is -1.14. The lowest BCUT2D eigenvalue weighted by atomic mass is 10.1. The maximum absolute atomic E-state index is 14.7. The first-order valence-electron chi connectivity index (χ1n) is 9.06. The van der Waals surface area contributed by atoms with E-state index in [1.54, 1.807) is 0 Å². The highest BCUT2D eigenvalue weighted by molar-refractivity contribution is 5.75. The van der Waals surface area contributed by atoms with Gasteiger partial charge in [0, 0.05) is 25.0 Å². The summed E-state index contributed by atoms with van der Waals surface area (Å²) in [6, 6.07) is -0.561. The lowest BCUT2D eigenvalue weighted by molar-refractivity contribution is -0.0987. The molecule has 3 aromatic heterocycles. The third kappa shape index (κ3) is 3.76. The van der Waals surface area contributed by atoms with Crippen LogP contribution in [0.1, 0.15) is 6.42 Å². The molecule has 1 fully saturated rings. The number of ether oxygens (including phenoxy) is 1. The molecule has 15 heteroatoms. The molecule has 4 heterocycles. The van der Waals surface area contributed by atoms with Gasteiger partial charge in [0.1, 0.15) is 5.69 Å². The first kappa shape index (κ1) is 21.3. The molecule has 0 spiro atoms. The molecule has 0 aliphatic carbocycles. The Balaban J connectivity index is 1.89. The van der Waals surface area contributed by atoms with Gasteiger partial charge in [-0.2, -0.15) is 5.10 Å². The van der Waals surface area contributed by atoms with Crippen LogP contribution in [0.4, 0.5) is 28.0 Å². The molecule has 11 nitrogen and oxygen atoms in total. The SMILES string of the molecule is O=C(O)OC1[C@H](CC(F)F)N(c2cc(-c3c[nH]c(=O)[nH]c3=O)nn3ccnc23)CC1(F)F. The van der Waals surface area contributed by atoms with Gasteiger partial charge in [-0.3, -0.25) is 9.78 Å². The zero-order valence-electron chi connectivity index (χ0n) is 15.8. The molecule has 1 aliphatic rings. The summed E-state index contributed by atoms with van der Waals surface area (Å²) < 4.78 is 61.2. The van der Waals surface area contributed by atoms with E-state index in [1.165, 1.54) is 18.5 Å². The van der Waals surface area contributed by atoms with Crippen molar-refractivity contribution in [3.05, 3.63) is 45.5 Å². The summed E-state index contributed by atoms with van der Waals surface area (Å²) in [5, 5.41) is 13.0. The number of rotatable bonds is 5. The molecule has 32 heavy (non-hydrogen) atoms. The number of hydrogen-bond acceptors (Lipinski definition) is 7.